The minimum atomic E-state index is -1.07. The molecule has 3 aromatic rings. The molecule has 0 aliphatic rings. The molecule has 2 aromatic heterocycles. The maximum Gasteiger partial charge on any atom is 0.266 e. The number of nitrogens with zero attached hydrogens (tertiary/aromatic N) is 3. The molecule has 6 nitrogen and oxygen atoms in total. The van der Waals surface area contributed by atoms with E-state index in [1.54, 1.807) is 24.4 Å². The molecular weight excluding hydrogens is 318 g/mol. The molecule has 0 atom stereocenters. The number of nitrogens with one attached hydrogen (secondary N) is 1. The van der Waals surface area contributed by atoms with Gasteiger partial charge in [0.1, 0.15) is 5.69 Å². The molecule has 1 N–H and O–H groups in total. The molecule has 0 unspecified atom stereocenters. The summed E-state index contributed by atoms with van der Waals surface area (Å²) in [6.07, 6.45) is 1.91. The predicted molar refractivity (Wildman–Crippen MR) is 79.9 cm³/mol. The first-order valence-corrected chi connectivity index (χ1v) is 7.10. The van der Waals surface area contributed by atoms with Crippen molar-refractivity contribution < 1.29 is 18.0 Å². The van der Waals surface area contributed by atoms with Crippen LogP contribution < -0.4 is 5.32 Å². The molecule has 1 aromatic carbocycles. The lowest BCUT2D eigenvalue weighted by Crippen LogP contribution is -2.25. The first-order valence-electron chi connectivity index (χ1n) is 7.10. The van der Waals surface area contributed by atoms with Crippen molar-refractivity contribution in [1.82, 2.24) is 20.5 Å². The van der Waals surface area contributed by atoms with Gasteiger partial charge in [0.25, 0.3) is 11.8 Å². The summed E-state index contributed by atoms with van der Waals surface area (Å²) in [4.78, 5) is 15.9. The Morgan fingerprint density at radius 1 is 1.12 bits per heavy atom. The minimum Gasteiger partial charge on any atom is -0.419 e. The number of aromatic nitrogens is 3. The van der Waals surface area contributed by atoms with Crippen LogP contribution in [0.2, 0.25) is 0 Å². The van der Waals surface area contributed by atoms with Gasteiger partial charge in [-0.1, -0.05) is 6.07 Å². The van der Waals surface area contributed by atoms with Gasteiger partial charge in [0.2, 0.25) is 5.89 Å². The summed E-state index contributed by atoms with van der Waals surface area (Å²) in [5.74, 6) is -1.96. The van der Waals surface area contributed by atoms with E-state index in [0.29, 0.717) is 18.0 Å². The zero-order valence-corrected chi connectivity index (χ0v) is 12.4. The highest BCUT2D eigenvalue weighted by Crippen LogP contribution is 2.14. The van der Waals surface area contributed by atoms with Crippen LogP contribution in [0.25, 0.3) is 11.6 Å². The smallest absolute Gasteiger partial charge is 0.266 e. The van der Waals surface area contributed by atoms with Crippen molar-refractivity contribution in [1.29, 1.82) is 0 Å². The molecule has 0 spiro atoms. The lowest BCUT2D eigenvalue weighted by atomic mass is 10.2. The Kier molecular flexibility index (Phi) is 4.55. The van der Waals surface area contributed by atoms with Crippen LogP contribution in [0.3, 0.4) is 0 Å². The molecule has 24 heavy (non-hydrogen) atoms. The molecule has 1 amide bonds. The molecule has 0 saturated heterocycles. The summed E-state index contributed by atoms with van der Waals surface area (Å²) in [5.41, 5.74) is 0.593. The topological polar surface area (TPSA) is 80.9 Å². The number of amides is 1. The lowest BCUT2D eigenvalue weighted by Gasteiger charge is -2.04. The Labute approximate surface area is 135 Å². The van der Waals surface area contributed by atoms with Crippen LogP contribution in [0.4, 0.5) is 8.78 Å². The van der Waals surface area contributed by atoms with Crippen molar-refractivity contribution in [2.45, 2.75) is 6.42 Å². The second kappa shape index (κ2) is 6.95. The SMILES string of the molecule is O=C(NCCc1nnc(-c2ccccn2)o1)c1ccc(F)c(F)c1. The highest BCUT2D eigenvalue weighted by molar-refractivity contribution is 5.94. The second-order valence-corrected chi connectivity index (χ2v) is 4.85. The van der Waals surface area contributed by atoms with E-state index >= 15 is 0 Å². The summed E-state index contributed by atoms with van der Waals surface area (Å²) < 4.78 is 31.4. The Morgan fingerprint density at radius 2 is 2.00 bits per heavy atom. The number of pyridine rings is 1. The van der Waals surface area contributed by atoms with Gasteiger partial charge in [-0.25, -0.2) is 8.78 Å². The normalized spacial score (nSPS) is 10.6. The third-order valence-corrected chi connectivity index (χ3v) is 3.16. The minimum absolute atomic E-state index is 0.0357. The third-order valence-electron chi connectivity index (χ3n) is 3.16. The van der Waals surface area contributed by atoms with E-state index in [1.807, 2.05) is 0 Å². The van der Waals surface area contributed by atoms with Crippen molar-refractivity contribution in [2.75, 3.05) is 6.54 Å². The van der Waals surface area contributed by atoms with Gasteiger partial charge in [-0.05, 0) is 30.3 Å². The molecule has 122 valence electrons. The molecule has 8 heteroatoms. The number of halogens is 2. The van der Waals surface area contributed by atoms with E-state index < -0.39 is 17.5 Å². The number of carbonyl (C=O) groups is 1. The van der Waals surface area contributed by atoms with Crippen LogP contribution in [-0.4, -0.2) is 27.6 Å². The Balaban J connectivity index is 1.56. The zero-order chi connectivity index (χ0) is 16.9. The Morgan fingerprint density at radius 3 is 2.75 bits per heavy atom. The van der Waals surface area contributed by atoms with Gasteiger partial charge < -0.3 is 9.73 Å². The van der Waals surface area contributed by atoms with E-state index in [2.05, 4.69) is 20.5 Å². The lowest BCUT2D eigenvalue weighted by molar-refractivity contribution is 0.0953. The van der Waals surface area contributed by atoms with Crippen LogP contribution in [-0.2, 0) is 6.42 Å². The van der Waals surface area contributed by atoms with Crippen molar-refractivity contribution in [2.24, 2.45) is 0 Å². The number of hydrogen-bond donors (Lipinski definition) is 1. The fourth-order valence-electron chi connectivity index (χ4n) is 1.97. The van der Waals surface area contributed by atoms with Crippen LogP contribution in [0.5, 0.6) is 0 Å². The first-order chi connectivity index (χ1) is 11.6. The van der Waals surface area contributed by atoms with Crippen molar-refractivity contribution in [3.8, 4) is 11.6 Å². The Bertz CT molecular complexity index is 852. The molecule has 0 aliphatic heterocycles. The fraction of sp³-hybridized carbons (Fsp3) is 0.125. The standard InChI is InChI=1S/C16H12F2N4O2/c17-11-5-4-10(9-12(11)18)15(23)20-8-6-14-21-22-16(24-14)13-3-1-2-7-19-13/h1-5,7,9H,6,8H2,(H,20,23). The van der Waals surface area contributed by atoms with E-state index in [0.717, 1.165) is 12.1 Å². The molecule has 0 aliphatic carbocycles. The maximum absolute atomic E-state index is 13.1. The number of carbonyl (C=O) groups excluding carboxylic acids is 1. The summed E-state index contributed by atoms with van der Waals surface area (Å²) in [6, 6.07) is 8.27. The number of rotatable bonds is 5. The van der Waals surface area contributed by atoms with Gasteiger partial charge in [0, 0.05) is 24.7 Å². The first kappa shape index (κ1) is 15.7. The van der Waals surface area contributed by atoms with Crippen molar-refractivity contribution >= 4 is 5.91 Å². The maximum atomic E-state index is 13.1. The Hall–Kier alpha value is -3.16. The predicted octanol–water partition coefficient (Wildman–Crippen LogP) is 2.38. The third kappa shape index (κ3) is 3.60. The average Bonchev–Trinajstić information content (AvgIpc) is 3.07. The van der Waals surface area contributed by atoms with Gasteiger partial charge >= 0.3 is 0 Å². The van der Waals surface area contributed by atoms with E-state index in [1.165, 1.54) is 6.07 Å². The van der Waals surface area contributed by atoms with E-state index in [4.69, 9.17) is 4.42 Å². The fourth-order valence-corrected chi connectivity index (χ4v) is 1.97. The molecule has 0 saturated carbocycles. The summed E-state index contributed by atoms with van der Waals surface area (Å²) in [7, 11) is 0. The molecule has 0 radical (unpaired) electrons. The molecular formula is C16H12F2N4O2. The highest BCUT2D eigenvalue weighted by atomic mass is 19.2. The van der Waals surface area contributed by atoms with Gasteiger partial charge in [0.15, 0.2) is 11.6 Å². The van der Waals surface area contributed by atoms with Gasteiger partial charge in [-0.3, -0.25) is 9.78 Å². The summed E-state index contributed by atoms with van der Waals surface area (Å²) in [5, 5.41) is 10.3. The van der Waals surface area contributed by atoms with Crippen molar-refractivity contribution in [3.63, 3.8) is 0 Å². The highest BCUT2D eigenvalue weighted by Gasteiger charge is 2.11. The molecule has 0 fully saturated rings. The number of hydrogen-bond acceptors (Lipinski definition) is 5. The van der Waals surface area contributed by atoms with Crippen LogP contribution in [0.15, 0.2) is 47.0 Å². The van der Waals surface area contributed by atoms with Gasteiger partial charge in [-0.15, -0.1) is 10.2 Å². The molecule has 0 bridgehead atoms. The van der Waals surface area contributed by atoms with Crippen LogP contribution >= 0.6 is 0 Å². The molecule has 3 rings (SSSR count). The largest absolute Gasteiger partial charge is 0.419 e. The zero-order valence-electron chi connectivity index (χ0n) is 12.4. The van der Waals surface area contributed by atoms with E-state index in [9.17, 15) is 13.6 Å². The average molecular weight is 330 g/mol. The van der Waals surface area contributed by atoms with Gasteiger partial charge in [-0.2, -0.15) is 0 Å². The van der Waals surface area contributed by atoms with Gasteiger partial charge in [0.05, 0.1) is 0 Å². The second-order valence-electron chi connectivity index (χ2n) is 4.85. The monoisotopic (exact) mass is 330 g/mol. The molecule has 2 heterocycles. The number of benzene rings is 1. The van der Waals surface area contributed by atoms with Crippen LogP contribution in [0, 0.1) is 11.6 Å². The van der Waals surface area contributed by atoms with Crippen LogP contribution in [0.1, 0.15) is 16.2 Å². The summed E-state index contributed by atoms with van der Waals surface area (Å²) in [6.45, 7) is 0.210. The summed E-state index contributed by atoms with van der Waals surface area (Å²) >= 11 is 0. The quantitative estimate of drug-likeness (QED) is 0.777. The van der Waals surface area contributed by atoms with Crippen molar-refractivity contribution in [3.05, 3.63) is 65.7 Å². The van der Waals surface area contributed by atoms with E-state index in [-0.39, 0.29) is 18.0 Å².